The SMILES string of the molecule is CCP(=O)(CC)c1ccc(-n2ccn(-c3c4c(nn3-c3cc(C)c(F)c(C)c3)CCN(C(=O)c3cc5cc(C6CCOC(C)(C)C6)ccc5n3[C@@]3(c5noc(=O)[nH]5)C[C@@H]3C)[C@H]4C)c2=O)cc1. The molecule has 4 atom stereocenters. The molecule has 0 spiro atoms. The van der Waals surface area contributed by atoms with Gasteiger partial charge in [0.15, 0.2) is 5.82 Å². The van der Waals surface area contributed by atoms with Gasteiger partial charge in [-0.3, -0.25) is 23.4 Å². The number of H-pyrrole nitrogens is 1. The molecule has 3 aromatic carbocycles. The molecule has 1 unspecified atom stereocenters. The van der Waals surface area contributed by atoms with Crippen molar-refractivity contribution in [2.75, 3.05) is 25.5 Å². The Hall–Kier alpha value is -6.05. The lowest BCUT2D eigenvalue weighted by Crippen LogP contribution is -2.41. The topological polar surface area (TPSA) is 155 Å². The van der Waals surface area contributed by atoms with Crippen molar-refractivity contribution in [2.24, 2.45) is 5.92 Å². The lowest BCUT2D eigenvalue weighted by molar-refractivity contribution is -0.0592. The van der Waals surface area contributed by atoms with E-state index in [1.807, 2.05) is 60.6 Å². The van der Waals surface area contributed by atoms with Crippen LogP contribution in [0.2, 0.25) is 0 Å². The Labute approximate surface area is 381 Å². The Bertz CT molecular complexity index is 3210. The fourth-order valence-electron chi connectivity index (χ4n) is 10.9. The molecule has 0 bridgehead atoms. The number of fused-ring (bicyclic) bond motifs is 2. The van der Waals surface area contributed by atoms with Crippen molar-refractivity contribution in [1.29, 1.82) is 0 Å². The molecule has 16 heteroatoms. The van der Waals surface area contributed by atoms with Crippen LogP contribution in [0.3, 0.4) is 0 Å². The minimum absolute atomic E-state index is 0.0177. The van der Waals surface area contributed by atoms with Gasteiger partial charge in [0, 0.05) is 66.1 Å². The molecule has 1 saturated heterocycles. The average molecular weight is 915 g/mol. The normalized spacial score (nSPS) is 21.7. The van der Waals surface area contributed by atoms with Crippen molar-refractivity contribution >= 4 is 29.3 Å². The molecular weight excluding hydrogens is 859 g/mol. The van der Waals surface area contributed by atoms with E-state index in [0.717, 1.165) is 34.7 Å². The molecule has 1 amide bonds. The number of rotatable bonds is 10. The Balaban J connectivity index is 1.10. The number of hydrogen-bond donors (Lipinski definition) is 1. The maximum absolute atomic E-state index is 15.6. The van der Waals surface area contributed by atoms with Crippen molar-refractivity contribution in [2.45, 2.75) is 104 Å². The van der Waals surface area contributed by atoms with E-state index >= 15 is 9.18 Å². The van der Waals surface area contributed by atoms with E-state index in [-0.39, 0.29) is 34.9 Å². The molecule has 4 aromatic heterocycles. The lowest BCUT2D eigenvalue weighted by Gasteiger charge is -2.35. The number of amides is 1. The number of aromatic nitrogens is 7. The van der Waals surface area contributed by atoms with Gasteiger partial charge in [-0.25, -0.2) is 18.7 Å². The van der Waals surface area contributed by atoms with E-state index in [1.54, 1.807) is 47.6 Å². The highest BCUT2D eigenvalue weighted by atomic mass is 31.2. The van der Waals surface area contributed by atoms with Gasteiger partial charge < -0.3 is 18.8 Å². The number of hydrogen-bond acceptors (Lipinski definition) is 8. The van der Waals surface area contributed by atoms with E-state index in [9.17, 15) is 14.2 Å². The molecule has 6 heterocycles. The predicted octanol–water partition coefficient (Wildman–Crippen LogP) is 8.44. The summed E-state index contributed by atoms with van der Waals surface area (Å²) in [4.78, 5) is 47.4. The highest BCUT2D eigenvalue weighted by molar-refractivity contribution is 7.71. The van der Waals surface area contributed by atoms with Gasteiger partial charge in [-0.2, -0.15) is 5.10 Å². The fourth-order valence-corrected chi connectivity index (χ4v) is 12.8. The first-order chi connectivity index (χ1) is 31.5. The van der Waals surface area contributed by atoms with Crippen LogP contribution < -0.4 is 16.8 Å². The summed E-state index contributed by atoms with van der Waals surface area (Å²) in [6.07, 6.45) is 7.26. The van der Waals surface area contributed by atoms with Crippen LogP contribution in [-0.4, -0.2) is 75.5 Å². The van der Waals surface area contributed by atoms with E-state index in [1.165, 1.54) is 10.1 Å². The Morgan fingerprint density at radius 2 is 1.64 bits per heavy atom. The highest BCUT2D eigenvalue weighted by Crippen LogP contribution is 2.56. The number of aromatic amines is 1. The number of ether oxygens (including phenoxy) is 1. The van der Waals surface area contributed by atoms with Crippen LogP contribution in [0.4, 0.5) is 4.39 Å². The number of imidazole rings is 1. The summed E-state index contributed by atoms with van der Waals surface area (Å²) in [7, 11) is -2.54. The number of nitrogens with zero attached hydrogens (tertiary/aromatic N) is 7. The summed E-state index contributed by atoms with van der Waals surface area (Å²) in [5.74, 6) is -0.0948. The molecule has 1 N–H and O–H groups in total. The summed E-state index contributed by atoms with van der Waals surface area (Å²) >= 11 is 0. The van der Waals surface area contributed by atoms with Crippen molar-refractivity contribution in [3.05, 3.63) is 139 Å². The molecule has 344 valence electrons. The smallest absolute Gasteiger partial charge is 0.376 e. The zero-order valence-electron chi connectivity index (χ0n) is 38.7. The number of halogens is 1. The molecule has 1 saturated carbocycles. The molecule has 2 fully saturated rings. The molecule has 10 rings (SSSR count). The highest BCUT2D eigenvalue weighted by Gasteiger charge is 2.59. The Kier molecular flexibility index (Phi) is 10.5. The molecule has 3 aliphatic rings. The standard InChI is InChI=1S/C50H56FN8O6P/c1-9-66(63,10-2)38-14-12-36(13-15-38)56-20-21-57(48(56)62)44-42-32(6)55(19-17-39(42)53-59(44)37-23-29(3)43(51)30(4)24-37)45(60)41-26-35-25-33(34-18-22-64-49(7,8)28-34)11-16-40(35)58(41)50(27-31(50)5)46-52-47(61)65-54-46/h11-16,20-21,23-26,31-32,34H,9-10,17-19,22,27-28H2,1-8H3,(H,52,54,61)/t31-,32-,34?,50-/m0/s1. The van der Waals surface area contributed by atoms with Gasteiger partial charge in [-0.15, -0.1) is 0 Å². The first-order valence-corrected chi connectivity index (χ1v) is 25.1. The van der Waals surface area contributed by atoms with Crippen molar-refractivity contribution < 1.29 is 23.0 Å². The summed E-state index contributed by atoms with van der Waals surface area (Å²) < 4.78 is 46.6. The summed E-state index contributed by atoms with van der Waals surface area (Å²) in [5, 5.41) is 11.0. The second-order valence-electron chi connectivity index (χ2n) is 19.2. The predicted molar refractivity (Wildman–Crippen MR) is 251 cm³/mol. The number of aryl methyl sites for hydroxylation is 2. The average Bonchev–Trinajstić information content (AvgIpc) is 3.80. The minimum atomic E-state index is -2.54. The van der Waals surface area contributed by atoms with Crippen LogP contribution in [-0.2, 0) is 21.3 Å². The molecule has 14 nitrogen and oxygen atoms in total. The van der Waals surface area contributed by atoms with Crippen LogP contribution in [0.5, 0.6) is 0 Å². The molecule has 1 aliphatic carbocycles. The van der Waals surface area contributed by atoms with Gasteiger partial charge in [0.25, 0.3) is 5.91 Å². The van der Waals surface area contributed by atoms with Crippen molar-refractivity contribution in [3.63, 3.8) is 0 Å². The van der Waals surface area contributed by atoms with Gasteiger partial charge in [0.1, 0.15) is 30.0 Å². The first kappa shape index (κ1) is 43.8. The summed E-state index contributed by atoms with van der Waals surface area (Å²) in [6.45, 7) is 16.5. The lowest BCUT2D eigenvalue weighted by atomic mass is 9.83. The molecule has 66 heavy (non-hydrogen) atoms. The van der Waals surface area contributed by atoms with Gasteiger partial charge in [-0.05, 0) is 137 Å². The Morgan fingerprint density at radius 1 is 0.939 bits per heavy atom. The van der Waals surface area contributed by atoms with Crippen LogP contribution in [0.15, 0.2) is 87.2 Å². The number of carbonyl (C=O) groups excluding carboxylic acids is 1. The zero-order valence-corrected chi connectivity index (χ0v) is 39.6. The molecule has 0 radical (unpaired) electrons. The first-order valence-electron chi connectivity index (χ1n) is 23.0. The number of benzene rings is 3. The summed E-state index contributed by atoms with van der Waals surface area (Å²) in [6, 6.07) is 18.5. The quantitative estimate of drug-likeness (QED) is 0.134. The minimum Gasteiger partial charge on any atom is -0.376 e. The van der Waals surface area contributed by atoms with Gasteiger partial charge >= 0.3 is 11.4 Å². The maximum Gasteiger partial charge on any atom is 0.438 e. The second-order valence-corrected chi connectivity index (χ2v) is 22.8. The van der Waals surface area contributed by atoms with Crippen LogP contribution >= 0.6 is 7.14 Å². The monoisotopic (exact) mass is 914 g/mol. The van der Waals surface area contributed by atoms with Crippen LogP contribution in [0.25, 0.3) is 28.1 Å². The third kappa shape index (κ3) is 6.91. The third-order valence-corrected chi connectivity index (χ3v) is 18.0. The van der Waals surface area contributed by atoms with Gasteiger partial charge in [0.05, 0.1) is 28.7 Å². The molecule has 2 aliphatic heterocycles. The largest absolute Gasteiger partial charge is 0.438 e. The van der Waals surface area contributed by atoms with Crippen molar-refractivity contribution in [3.8, 4) is 17.2 Å². The van der Waals surface area contributed by atoms with E-state index in [2.05, 4.69) is 49.1 Å². The van der Waals surface area contributed by atoms with Crippen LogP contribution in [0, 0.1) is 25.6 Å². The maximum atomic E-state index is 15.6. The molecule has 7 aromatic rings. The fraction of sp³-hybridized carbons (Fsp3) is 0.420. The van der Waals surface area contributed by atoms with Gasteiger partial charge in [-0.1, -0.05) is 32.0 Å². The van der Waals surface area contributed by atoms with E-state index < -0.39 is 24.5 Å². The number of carbonyl (C=O) groups is 1. The summed E-state index contributed by atoms with van der Waals surface area (Å²) in [5.41, 5.74) is 4.47. The number of nitrogens with one attached hydrogen (secondary N) is 1. The van der Waals surface area contributed by atoms with E-state index in [4.69, 9.17) is 14.4 Å². The van der Waals surface area contributed by atoms with Gasteiger partial charge in [0.2, 0.25) is 0 Å². The van der Waals surface area contributed by atoms with E-state index in [0.29, 0.717) is 83.7 Å². The third-order valence-electron chi connectivity index (χ3n) is 14.7. The molecular formula is C50H56FN8O6P. The zero-order chi connectivity index (χ0) is 46.6. The Morgan fingerprint density at radius 3 is 2.27 bits per heavy atom. The van der Waals surface area contributed by atoms with Crippen molar-refractivity contribution in [1.82, 2.24) is 38.5 Å². The second kappa shape index (κ2) is 15.8. The van der Waals surface area contributed by atoms with Crippen LogP contribution in [0.1, 0.15) is 117 Å².